The Kier molecular flexibility index (Phi) is 2.39. The molecular formula is C12H11Cl2NO. The summed E-state index contributed by atoms with van der Waals surface area (Å²) in [5, 5.41) is 12.2. The van der Waals surface area contributed by atoms with Crippen molar-refractivity contribution in [1.29, 1.82) is 0 Å². The van der Waals surface area contributed by atoms with Gasteiger partial charge in [-0.2, -0.15) is 0 Å². The van der Waals surface area contributed by atoms with Crippen molar-refractivity contribution in [3.05, 3.63) is 33.4 Å². The Morgan fingerprint density at radius 1 is 1.31 bits per heavy atom. The second kappa shape index (κ2) is 3.66. The topological polar surface area (TPSA) is 36.0 Å². The van der Waals surface area contributed by atoms with Gasteiger partial charge in [-0.1, -0.05) is 23.2 Å². The van der Waals surface area contributed by atoms with E-state index in [0.717, 1.165) is 41.4 Å². The van der Waals surface area contributed by atoms with Gasteiger partial charge in [0.05, 0.1) is 16.6 Å². The van der Waals surface area contributed by atoms with Gasteiger partial charge in [-0.3, -0.25) is 0 Å². The van der Waals surface area contributed by atoms with Crippen LogP contribution in [0.2, 0.25) is 10.0 Å². The van der Waals surface area contributed by atoms with Crippen molar-refractivity contribution in [3.63, 3.8) is 0 Å². The van der Waals surface area contributed by atoms with Crippen LogP contribution in [0.1, 0.15) is 30.2 Å². The number of aryl methyl sites for hydroxylation is 1. The molecule has 0 fully saturated rings. The molecule has 16 heavy (non-hydrogen) atoms. The van der Waals surface area contributed by atoms with Gasteiger partial charge in [0.2, 0.25) is 0 Å². The number of benzene rings is 1. The molecule has 0 radical (unpaired) electrons. The predicted molar refractivity (Wildman–Crippen MR) is 66.2 cm³/mol. The van der Waals surface area contributed by atoms with Crippen molar-refractivity contribution < 1.29 is 5.11 Å². The lowest BCUT2D eigenvalue weighted by molar-refractivity contribution is 0.158. The third kappa shape index (κ3) is 1.45. The van der Waals surface area contributed by atoms with Crippen molar-refractivity contribution >= 4 is 34.1 Å². The Morgan fingerprint density at radius 3 is 2.94 bits per heavy atom. The highest BCUT2D eigenvalue weighted by atomic mass is 35.5. The molecule has 0 spiro atoms. The van der Waals surface area contributed by atoms with Crippen LogP contribution in [0.5, 0.6) is 0 Å². The lowest BCUT2D eigenvalue weighted by atomic mass is 9.93. The maximum Gasteiger partial charge on any atom is 0.0813 e. The monoisotopic (exact) mass is 255 g/mol. The molecule has 1 aromatic heterocycles. The normalized spacial score (nSPS) is 20.1. The van der Waals surface area contributed by atoms with E-state index < -0.39 is 6.10 Å². The number of rotatable bonds is 0. The van der Waals surface area contributed by atoms with E-state index in [1.807, 2.05) is 6.07 Å². The molecule has 1 aromatic carbocycles. The van der Waals surface area contributed by atoms with Crippen molar-refractivity contribution in [2.24, 2.45) is 0 Å². The van der Waals surface area contributed by atoms with E-state index in [-0.39, 0.29) is 0 Å². The number of aliphatic hydroxyl groups is 1. The fraction of sp³-hybridized carbons (Fsp3) is 0.333. The van der Waals surface area contributed by atoms with Gasteiger partial charge in [-0.25, -0.2) is 0 Å². The highest BCUT2D eigenvalue weighted by Crippen LogP contribution is 2.39. The van der Waals surface area contributed by atoms with Crippen molar-refractivity contribution in [2.75, 3.05) is 0 Å². The molecule has 1 aliphatic carbocycles. The van der Waals surface area contributed by atoms with E-state index in [4.69, 9.17) is 23.2 Å². The number of aliphatic hydroxyl groups excluding tert-OH is 1. The molecule has 0 aliphatic heterocycles. The summed E-state index contributed by atoms with van der Waals surface area (Å²) in [7, 11) is 0. The first-order chi connectivity index (χ1) is 7.66. The second-order valence-corrected chi connectivity index (χ2v) is 5.08. The van der Waals surface area contributed by atoms with E-state index in [1.54, 1.807) is 6.07 Å². The molecule has 1 atom stereocenters. The quantitative estimate of drug-likeness (QED) is 0.738. The molecule has 84 valence electrons. The average molecular weight is 256 g/mol. The Balaban J connectivity index is 2.38. The molecule has 4 heteroatoms. The van der Waals surface area contributed by atoms with E-state index in [2.05, 4.69) is 4.98 Å². The first kappa shape index (κ1) is 10.5. The summed E-state index contributed by atoms with van der Waals surface area (Å²) < 4.78 is 0. The number of aromatic amines is 1. The fourth-order valence-electron chi connectivity index (χ4n) is 2.49. The minimum atomic E-state index is -0.396. The maximum atomic E-state index is 10.0. The predicted octanol–water partition coefficient (Wildman–Crippen LogP) is 3.84. The summed E-state index contributed by atoms with van der Waals surface area (Å²) in [5.41, 5.74) is 2.96. The molecule has 1 heterocycles. The third-order valence-electron chi connectivity index (χ3n) is 3.18. The van der Waals surface area contributed by atoms with Crippen LogP contribution < -0.4 is 0 Å². The van der Waals surface area contributed by atoms with E-state index in [0.29, 0.717) is 10.0 Å². The van der Waals surface area contributed by atoms with Crippen molar-refractivity contribution in [3.8, 4) is 0 Å². The van der Waals surface area contributed by atoms with Crippen LogP contribution in [-0.4, -0.2) is 10.1 Å². The summed E-state index contributed by atoms with van der Waals surface area (Å²) in [4.78, 5) is 3.29. The van der Waals surface area contributed by atoms with Gasteiger partial charge in [0, 0.05) is 21.7 Å². The standard InChI is InChI=1S/C12H11Cl2NO/c13-6-4-7-11-9(2-1-3-10(11)16)15-12(7)8(14)5-6/h4-5,10,15-16H,1-3H2. The molecular weight excluding hydrogens is 245 g/mol. The molecule has 0 saturated heterocycles. The van der Waals surface area contributed by atoms with Gasteiger partial charge in [0.1, 0.15) is 0 Å². The van der Waals surface area contributed by atoms with Gasteiger partial charge in [-0.15, -0.1) is 0 Å². The smallest absolute Gasteiger partial charge is 0.0813 e. The molecule has 1 unspecified atom stereocenters. The summed E-state index contributed by atoms with van der Waals surface area (Å²) >= 11 is 12.1. The number of hydrogen-bond acceptors (Lipinski definition) is 1. The zero-order valence-electron chi connectivity index (χ0n) is 8.56. The maximum absolute atomic E-state index is 10.0. The lowest BCUT2D eigenvalue weighted by Crippen LogP contribution is -2.07. The van der Waals surface area contributed by atoms with Crippen LogP contribution in [-0.2, 0) is 6.42 Å². The Hall–Kier alpha value is -0.700. The van der Waals surface area contributed by atoms with Gasteiger partial charge < -0.3 is 10.1 Å². The number of fused-ring (bicyclic) bond motifs is 3. The minimum Gasteiger partial charge on any atom is -0.388 e. The number of hydrogen-bond donors (Lipinski definition) is 2. The number of H-pyrrole nitrogens is 1. The highest BCUT2D eigenvalue weighted by Gasteiger charge is 2.23. The summed E-state index contributed by atoms with van der Waals surface area (Å²) in [5.74, 6) is 0. The van der Waals surface area contributed by atoms with Crippen LogP contribution in [0.4, 0.5) is 0 Å². The van der Waals surface area contributed by atoms with Gasteiger partial charge in [0.25, 0.3) is 0 Å². The molecule has 2 nitrogen and oxygen atoms in total. The van der Waals surface area contributed by atoms with E-state index in [1.165, 1.54) is 0 Å². The van der Waals surface area contributed by atoms with Gasteiger partial charge >= 0.3 is 0 Å². The summed E-state index contributed by atoms with van der Waals surface area (Å²) in [6, 6.07) is 3.59. The first-order valence-electron chi connectivity index (χ1n) is 5.34. The average Bonchev–Trinajstić information content (AvgIpc) is 2.58. The van der Waals surface area contributed by atoms with E-state index >= 15 is 0 Å². The van der Waals surface area contributed by atoms with Gasteiger partial charge in [-0.05, 0) is 31.4 Å². The lowest BCUT2D eigenvalue weighted by Gasteiger charge is -2.17. The van der Waals surface area contributed by atoms with Crippen LogP contribution in [0.3, 0.4) is 0 Å². The SMILES string of the molecule is OC1CCCc2[nH]c3c(Cl)cc(Cl)cc3c21. The molecule has 2 aromatic rings. The zero-order chi connectivity index (χ0) is 11.3. The number of nitrogens with one attached hydrogen (secondary N) is 1. The Bertz CT molecular complexity index is 562. The third-order valence-corrected chi connectivity index (χ3v) is 3.70. The second-order valence-electron chi connectivity index (χ2n) is 4.24. The summed E-state index contributed by atoms with van der Waals surface area (Å²) in [6.07, 6.45) is 2.39. The van der Waals surface area contributed by atoms with Crippen LogP contribution in [0.25, 0.3) is 10.9 Å². The summed E-state index contributed by atoms with van der Waals surface area (Å²) in [6.45, 7) is 0. The Labute approximate surface area is 103 Å². The molecule has 0 amide bonds. The number of aromatic nitrogens is 1. The largest absolute Gasteiger partial charge is 0.388 e. The van der Waals surface area contributed by atoms with Gasteiger partial charge in [0.15, 0.2) is 0 Å². The van der Waals surface area contributed by atoms with Crippen LogP contribution >= 0.6 is 23.2 Å². The van der Waals surface area contributed by atoms with Crippen molar-refractivity contribution in [1.82, 2.24) is 4.98 Å². The van der Waals surface area contributed by atoms with Crippen molar-refractivity contribution in [2.45, 2.75) is 25.4 Å². The highest BCUT2D eigenvalue weighted by molar-refractivity contribution is 6.38. The first-order valence-corrected chi connectivity index (χ1v) is 6.10. The van der Waals surface area contributed by atoms with Crippen LogP contribution in [0, 0.1) is 0 Å². The minimum absolute atomic E-state index is 0.396. The molecule has 0 bridgehead atoms. The zero-order valence-corrected chi connectivity index (χ0v) is 10.1. The van der Waals surface area contributed by atoms with E-state index in [9.17, 15) is 5.11 Å². The molecule has 3 rings (SSSR count). The number of halogens is 2. The fourth-order valence-corrected chi connectivity index (χ4v) is 3.03. The van der Waals surface area contributed by atoms with Crippen LogP contribution in [0.15, 0.2) is 12.1 Å². The molecule has 0 saturated carbocycles. The molecule has 1 aliphatic rings. The molecule has 2 N–H and O–H groups in total. The Morgan fingerprint density at radius 2 is 2.12 bits per heavy atom.